The number of hydrogen-bond donors (Lipinski definition) is 0. The Labute approximate surface area is 147 Å². The summed E-state index contributed by atoms with van der Waals surface area (Å²) in [6.07, 6.45) is 0.801. The standard InChI is InChI=1S/C18H15F4N3O/c1-4-9-12-10(5-18(2,3)6-11(12)26)25(24-9)17-15(21)13(19)8(7-23)14(20)16(17)22/h4-6H2,1-3H3. The van der Waals surface area contributed by atoms with Crippen molar-refractivity contribution >= 4 is 5.78 Å². The summed E-state index contributed by atoms with van der Waals surface area (Å²) in [7, 11) is 0. The van der Waals surface area contributed by atoms with Crippen molar-refractivity contribution in [1.29, 1.82) is 5.26 Å². The second-order valence-corrected chi connectivity index (χ2v) is 7.07. The maximum absolute atomic E-state index is 14.5. The molecule has 1 heterocycles. The zero-order valence-corrected chi connectivity index (χ0v) is 14.4. The fraction of sp³-hybridized carbons (Fsp3) is 0.389. The number of aromatic nitrogens is 2. The molecule has 4 nitrogen and oxygen atoms in total. The number of halogens is 4. The summed E-state index contributed by atoms with van der Waals surface area (Å²) in [6.45, 7) is 5.33. The summed E-state index contributed by atoms with van der Waals surface area (Å²) >= 11 is 0. The van der Waals surface area contributed by atoms with Gasteiger partial charge in [0, 0.05) is 6.42 Å². The van der Waals surface area contributed by atoms with E-state index >= 15 is 0 Å². The molecule has 1 aliphatic carbocycles. The molecule has 1 aromatic carbocycles. The summed E-state index contributed by atoms with van der Waals surface area (Å²) in [6, 6.07) is 1.11. The third-order valence-electron chi connectivity index (χ3n) is 4.52. The maximum atomic E-state index is 14.5. The zero-order valence-electron chi connectivity index (χ0n) is 14.4. The van der Waals surface area contributed by atoms with Crippen LogP contribution in [0.25, 0.3) is 5.69 Å². The number of fused-ring (bicyclic) bond motifs is 1. The highest BCUT2D eigenvalue weighted by Crippen LogP contribution is 2.38. The van der Waals surface area contributed by atoms with Crippen LogP contribution in [0.3, 0.4) is 0 Å². The van der Waals surface area contributed by atoms with Crippen LogP contribution in [0, 0.1) is 40.0 Å². The molecule has 1 aliphatic rings. The Bertz CT molecular complexity index is 957. The van der Waals surface area contributed by atoms with Crippen molar-refractivity contribution in [2.24, 2.45) is 5.41 Å². The van der Waals surface area contributed by atoms with Gasteiger partial charge in [0.15, 0.2) is 29.1 Å². The molecule has 0 N–H and O–H groups in total. The van der Waals surface area contributed by atoms with Gasteiger partial charge in [-0.3, -0.25) is 4.79 Å². The summed E-state index contributed by atoms with van der Waals surface area (Å²) in [5, 5.41) is 12.8. The predicted octanol–water partition coefficient (Wildman–Crippen LogP) is 4.02. The quantitative estimate of drug-likeness (QED) is 0.597. The molecule has 3 rings (SSSR count). The molecule has 1 aromatic heterocycles. The lowest BCUT2D eigenvalue weighted by atomic mass is 9.75. The van der Waals surface area contributed by atoms with Crippen LogP contribution in [0.1, 0.15) is 54.5 Å². The van der Waals surface area contributed by atoms with E-state index in [-0.39, 0.29) is 29.9 Å². The molecule has 0 fully saturated rings. The molecular weight excluding hydrogens is 350 g/mol. The third-order valence-corrected chi connectivity index (χ3v) is 4.52. The first-order chi connectivity index (χ1) is 12.1. The van der Waals surface area contributed by atoms with E-state index in [0.29, 0.717) is 12.1 Å². The molecule has 0 saturated carbocycles. The second kappa shape index (κ2) is 5.94. The molecule has 0 amide bonds. The average molecular weight is 365 g/mol. The molecule has 136 valence electrons. The number of aryl methyl sites for hydroxylation is 1. The molecule has 0 unspecified atom stereocenters. The maximum Gasteiger partial charge on any atom is 0.189 e. The second-order valence-electron chi connectivity index (χ2n) is 7.07. The number of benzene rings is 1. The Morgan fingerprint density at radius 3 is 2.19 bits per heavy atom. The smallest absolute Gasteiger partial charge is 0.189 e. The predicted molar refractivity (Wildman–Crippen MR) is 83.9 cm³/mol. The minimum atomic E-state index is -1.79. The molecule has 2 aromatic rings. The largest absolute Gasteiger partial charge is 0.294 e. The molecule has 0 atom stereocenters. The van der Waals surface area contributed by atoms with Gasteiger partial charge in [-0.1, -0.05) is 20.8 Å². The minimum Gasteiger partial charge on any atom is -0.294 e. The summed E-state index contributed by atoms with van der Waals surface area (Å²) in [4.78, 5) is 12.5. The van der Waals surface area contributed by atoms with Gasteiger partial charge in [0.1, 0.15) is 17.3 Å². The third kappa shape index (κ3) is 2.50. The molecule has 0 aliphatic heterocycles. The number of carbonyl (C=O) groups is 1. The first kappa shape index (κ1) is 18.1. The Kier molecular flexibility index (Phi) is 4.14. The number of rotatable bonds is 2. The molecule has 26 heavy (non-hydrogen) atoms. The van der Waals surface area contributed by atoms with Crippen molar-refractivity contribution in [2.45, 2.75) is 40.0 Å². The Balaban J connectivity index is 2.38. The van der Waals surface area contributed by atoms with Crippen molar-refractivity contribution < 1.29 is 22.4 Å². The van der Waals surface area contributed by atoms with Crippen LogP contribution in [0.4, 0.5) is 17.6 Å². The van der Waals surface area contributed by atoms with E-state index in [1.807, 2.05) is 13.8 Å². The first-order valence-electron chi connectivity index (χ1n) is 8.03. The van der Waals surface area contributed by atoms with Crippen molar-refractivity contribution in [3.8, 4) is 11.8 Å². The molecule has 0 radical (unpaired) electrons. The lowest BCUT2D eigenvalue weighted by Gasteiger charge is -2.29. The SMILES string of the molecule is CCc1nn(-c2c(F)c(F)c(C#N)c(F)c2F)c2c1C(=O)CC(C)(C)C2. The number of hydrogen-bond acceptors (Lipinski definition) is 3. The normalized spacial score (nSPS) is 15.7. The fourth-order valence-electron chi connectivity index (χ4n) is 3.36. The van der Waals surface area contributed by atoms with E-state index in [1.165, 1.54) is 0 Å². The van der Waals surface area contributed by atoms with Gasteiger partial charge < -0.3 is 0 Å². The Hall–Kier alpha value is -2.69. The van der Waals surface area contributed by atoms with Gasteiger partial charge in [0.2, 0.25) is 0 Å². The number of carbonyl (C=O) groups excluding carboxylic acids is 1. The van der Waals surface area contributed by atoms with Crippen molar-refractivity contribution in [1.82, 2.24) is 9.78 Å². The van der Waals surface area contributed by atoms with Gasteiger partial charge in [-0.15, -0.1) is 0 Å². The highest BCUT2D eigenvalue weighted by Gasteiger charge is 2.38. The van der Waals surface area contributed by atoms with Crippen molar-refractivity contribution in [3.63, 3.8) is 0 Å². The number of nitriles is 1. The Morgan fingerprint density at radius 2 is 1.69 bits per heavy atom. The number of Topliss-reactive ketones (excluding diaryl/α,β-unsaturated/α-hetero) is 1. The zero-order chi connectivity index (χ0) is 19.4. The van der Waals surface area contributed by atoms with Gasteiger partial charge in [0.25, 0.3) is 0 Å². The van der Waals surface area contributed by atoms with Crippen LogP contribution in [-0.4, -0.2) is 15.6 Å². The van der Waals surface area contributed by atoms with Gasteiger partial charge in [-0.05, 0) is 18.3 Å². The van der Waals surface area contributed by atoms with Crippen LogP contribution >= 0.6 is 0 Å². The molecule has 0 bridgehead atoms. The van der Waals surface area contributed by atoms with E-state index < -0.39 is 39.9 Å². The van der Waals surface area contributed by atoms with E-state index in [4.69, 9.17) is 5.26 Å². The number of ketones is 1. The lowest BCUT2D eigenvalue weighted by molar-refractivity contribution is 0.0910. The van der Waals surface area contributed by atoms with Crippen LogP contribution in [0.5, 0.6) is 0 Å². The van der Waals surface area contributed by atoms with Crippen molar-refractivity contribution in [2.75, 3.05) is 0 Å². The summed E-state index contributed by atoms with van der Waals surface area (Å²) < 4.78 is 57.8. The highest BCUT2D eigenvalue weighted by atomic mass is 19.2. The van der Waals surface area contributed by atoms with Gasteiger partial charge in [-0.25, -0.2) is 22.2 Å². The van der Waals surface area contributed by atoms with Crippen molar-refractivity contribution in [3.05, 3.63) is 45.8 Å². The minimum absolute atomic E-state index is 0.212. The van der Waals surface area contributed by atoms with E-state index in [1.54, 1.807) is 6.92 Å². The molecule has 0 spiro atoms. The topological polar surface area (TPSA) is 58.7 Å². The monoisotopic (exact) mass is 365 g/mol. The van der Waals surface area contributed by atoms with Gasteiger partial charge in [-0.2, -0.15) is 10.4 Å². The van der Waals surface area contributed by atoms with Crippen LogP contribution in [0.15, 0.2) is 0 Å². The van der Waals surface area contributed by atoms with Crippen LogP contribution in [-0.2, 0) is 12.8 Å². The van der Waals surface area contributed by atoms with Crippen LogP contribution in [0.2, 0.25) is 0 Å². The molecule has 8 heteroatoms. The van der Waals surface area contributed by atoms with E-state index in [2.05, 4.69) is 5.10 Å². The lowest BCUT2D eigenvalue weighted by Crippen LogP contribution is -2.28. The summed E-state index contributed by atoms with van der Waals surface area (Å²) in [5.74, 6) is -7.24. The fourth-order valence-corrected chi connectivity index (χ4v) is 3.36. The van der Waals surface area contributed by atoms with Gasteiger partial charge >= 0.3 is 0 Å². The molecular formula is C18H15F4N3O. The average Bonchev–Trinajstić information content (AvgIpc) is 2.91. The Morgan fingerprint density at radius 1 is 1.12 bits per heavy atom. The first-order valence-corrected chi connectivity index (χ1v) is 8.03. The van der Waals surface area contributed by atoms with E-state index in [0.717, 1.165) is 10.8 Å². The highest BCUT2D eigenvalue weighted by molar-refractivity contribution is 6.00. The van der Waals surface area contributed by atoms with E-state index in [9.17, 15) is 22.4 Å². The van der Waals surface area contributed by atoms with Crippen LogP contribution < -0.4 is 0 Å². The summed E-state index contributed by atoms with van der Waals surface area (Å²) in [5.41, 5.74) is -2.12. The number of nitrogens with zero attached hydrogens (tertiary/aromatic N) is 3. The molecule has 0 saturated heterocycles. The van der Waals surface area contributed by atoms with Gasteiger partial charge in [0.05, 0.1) is 17.0 Å².